The molecule has 1 aromatic heterocycles. The van der Waals surface area contributed by atoms with Gasteiger partial charge in [0.15, 0.2) is 5.96 Å². The highest BCUT2D eigenvalue weighted by atomic mass is 127. The molecule has 2 fully saturated rings. The molecule has 1 aromatic rings. The highest BCUT2D eigenvalue weighted by Gasteiger charge is 2.42. The number of thiazole rings is 1. The number of ether oxygens (including phenoxy) is 1. The van der Waals surface area contributed by atoms with Crippen molar-refractivity contribution in [3.8, 4) is 0 Å². The molecule has 2 saturated heterocycles. The number of likely N-dealkylation sites (tertiary alicyclic amines) is 1. The zero-order valence-corrected chi connectivity index (χ0v) is 18.2. The molecule has 3 heterocycles. The third-order valence-corrected chi connectivity index (χ3v) is 6.51. The van der Waals surface area contributed by atoms with E-state index >= 15 is 0 Å². The Labute approximate surface area is 170 Å². The first-order valence-electron chi connectivity index (χ1n) is 8.45. The van der Waals surface area contributed by atoms with E-state index < -0.39 is 0 Å². The number of nitrogens with zero attached hydrogens (tertiary/aromatic N) is 3. The van der Waals surface area contributed by atoms with E-state index in [1.54, 1.807) is 11.3 Å². The SMILES string of the molecule is CCNC(=NCCCSc1nccs1)N1CCC2(CCOC2)C1.I. The summed E-state index contributed by atoms with van der Waals surface area (Å²) in [6.45, 7) is 7.98. The van der Waals surface area contributed by atoms with Crippen LogP contribution in [0.4, 0.5) is 0 Å². The Bertz CT molecular complexity index is 506. The van der Waals surface area contributed by atoms with Gasteiger partial charge in [0.05, 0.1) is 6.61 Å². The van der Waals surface area contributed by atoms with Crippen LogP contribution in [0.3, 0.4) is 0 Å². The lowest BCUT2D eigenvalue weighted by Crippen LogP contribution is -2.41. The summed E-state index contributed by atoms with van der Waals surface area (Å²) in [6, 6.07) is 0. The van der Waals surface area contributed by atoms with Crippen LogP contribution in [0.25, 0.3) is 0 Å². The van der Waals surface area contributed by atoms with Gasteiger partial charge in [-0.3, -0.25) is 4.99 Å². The number of hydrogen-bond donors (Lipinski definition) is 1. The number of thioether (sulfide) groups is 1. The van der Waals surface area contributed by atoms with Crippen molar-refractivity contribution in [2.75, 3.05) is 45.1 Å². The number of aromatic nitrogens is 1. The average molecular weight is 482 g/mol. The second kappa shape index (κ2) is 10.2. The molecule has 2 aliphatic heterocycles. The first-order chi connectivity index (χ1) is 11.3. The Balaban J connectivity index is 0.00000208. The van der Waals surface area contributed by atoms with Crippen molar-refractivity contribution in [3.63, 3.8) is 0 Å². The van der Waals surface area contributed by atoms with Crippen molar-refractivity contribution >= 4 is 53.0 Å². The maximum absolute atomic E-state index is 5.62. The number of aliphatic imine (C=N–C) groups is 1. The minimum absolute atomic E-state index is 0. The molecule has 0 aromatic carbocycles. The smallest absolute Gasteiger partial charge is 0.193 e. The molecule has 1 N–H and O–H groups in total. The van der Waals surface area contributed by atoms with E-state index in [4.69, 9.17) is 9.73 Å². The largest absolute Gasteiger partial charge is 0.381 e. The van der Waals surface area contributed by atoms with Gasteiger partial charge in [0.25, 0.3) is 0 Å². The Kier molecular flexibility index (Phi) is 8.59. The third-order valence-electron chi connectivity index (χ3n) is 4.46. The molecule has 1 unspecified atom stereocenters. The Morgan fingerprint density at radius 2 is 2.46 bits per heavy atom. The van der Waals surface area contributed by atoms with Gasteiger partial charge in [-0.25, -0.2) is 4.98 Å². The van der Waals surface area contributed by atoms with Gasteiger partial charge in [-0.1, -0.05) is 11.8 Å². The number of hydrogen-bond acceptors (Lipinski definition) is 5. The standard InChI is InChI=1S/C16H26N4OS2.HI/c1-2-17-14(18-6-3-10-22-15-19-7-11-23-15)20-8-4-16(12-20)5-9-21-13-16;/h7,11H,2-6,8-10,12-13H2,1H3,(H,17,18);1H. The van der Waals surface area contributed by atoms with Crippen LogP contribution in [0.5, 0.6) is 0 Å². The minimum atomic E-state index is 0. The molecular weight excluding hydrogens is 455 g/mol. The van der Waals surface area contributed by atoms with E-state index in [0.29, 0.717) is 5.41 Å². The van der Waals surface area contributed by atoms with Crippen LogP contribution in [-0.2, 0) is 4.74 Å². The van der Waals surface area contributed by atoms with Crippen molar-refractivity contribution in [3.05, 3.63) is 11.6 Å². The van der Waals surface area contributed by atoms with Gasteiger partial charge in [0.1, 0.15) is 4.34 Å². The molecule has 136 valence electrons. The van der Waals surface area contributed by atoms with Crippen molar-refractivity contribution in [2.45, 2.75) is 30.5 Å². The Morgan fingerprint density at radius 3 is 3.17 bits per heavy atom. The van der Waals surface area contributed by atoms with E-state index in [1.165, 1.54) is 12.8 Å². The maximum Gasteiger partial charge on any atom is 0.193 e. The van der Waals surface area contributed by atoms with Crippen LogP contribution < -0.4 is 5.32 Å². The lowest BCUT2D eigenvalue weighted by Gasteiger charge is -2.24. The zero-order chi connectivity index (χ0) is 16.0. The molecule has 0 aliphatic carbocycles. The quantitative estimate of drug-likeness (QED) is 0.222. The van der Waals surface area contributed by atoms with Gasteiger partial charge in [-0.05, 0) is 26.2 Å². The monoisotopic (exact) mass is 482 g/mol. The molecule has 1 spiro atoms. The van der Waals surface area contributed by atoms with E-state index in [2.05, 4.69) is 22.1 Å². The lowest BCUT2D eigenvalue weighted by atomic mass is 9.87. The molecule has 0 radical (unpaired) electrons. The van der Waals surface area contributed by atoms with Crippen molar-refractivity contribution < 1.29 is 4.74 Å². The summed E-state index contributed by atoms with van der Waals surface area (Å²) in [4.78, 5) is 11.5. The van der Waals surface area contributed by atoms with E-state index in [-0.39, 0.29) is 24.0 Å². The van der Waals surface area contributed by atoms with E-state index in [1.807, 2.05) is 23.3 Å². The number of guanidine groups is 1. The average Bonchev–Trinajstić information content (AvgIpc) is 3.30. The van der Waals surface area contributed by atoms with Crippen LogP contribution in [-0.4, -0.2) is 61.0 Å². The summed E-state index contributed by atoms with van der Waals surface area (Å²) in [5.41, 5.74) is 0.386. The van der Waals surface area contributed by atoms with Crippen LogP contribution >= 0.6 is 47.1 Å². The van der Waals surface area contributed by atoms with E-state index in [9.17, 15) is 0 Å². The predicted octanol–water partition coefficient (Wildman–Crippen LogP) is 3.32. The minimum Gasteiger partial charge on any atom is -0.381 e. The van der Waals surface area contributed by atoms with Crippen LogP contribution in [0.2, 0.25) is 0 Å². The van der Waals surface area contributed by atoms with Gasteiger partial charge in [-0.2, -0.15) is 0 Å². The van der Waals surface area contributed by atoms with Crippen molar-refractivity contribution in [2.24, 2.45) is 10.4 Å². The van der Waals surface area contributed by atoms with Crippen LogP contribution in [0.15, 0.2) is 20.9 Å². The second-order valence-corrected chi connectivity index (χ2v) is 8.45. The highest BCUT2D eigenvalue weighted by molar-refractivity contribution is 14.0. The number of nitrogens with one attached hydrogen (secondary N) is 1. The summed E-state index contributed by atoms with van der Waals surface area (Å²) in [6.07, 6.45) is 5.39. The van der Waals surface area contributed by atoms with Gasteiger partial charge in [-0.15, -0.1) is 35.3 Å². The molecule has 0 amide bonds. The first-order valence-corrected chi connectivity index (χ1v) is 10.3. The van der Waals surface area contributed by atoms with Gasteiger partial charge < -0.3 is 15.0 Å². The molecular formula is C16H27IN4OS2. The molecule has 5 nitrogen and oxygen atoms in total. The van der Waals surface area contributed by atoms with Gasteiger partial charge >= 0.3 is 0 Å². The normalized spacial score (nSPS) is 23.7. The molecule has 24 heavy (non-hydrogen) atoms. The fraction of sp³-hybridized carbons (Fsp3) is 0.750. The number of rotatable bonds is 6. The fourth-order valence-corrected chi connectivity index (χ4v) is 4.84. The molecule has 3 rings (SSSR count). The fourth-order valence-electron chi connectivity index (χ4n) is 3.20. The lowest BCUT2D eigenvalue weighted by molar-refractivity contribution is 0.156. The summed E-state index contributed by atoms with van der Waals surface area (Å²) >= 11 is 3.54. The van der Waals surface area contributed by atoms with Crippen LogP contribution in [0, 0.1) is 5.41 Å². The number of halogens is 1. The maximum atomic E-state index is 5.62. The summed E-state index contributed by atoms with van der Waals surface area (Å²) in [5, 5.41) is 5.48. The van der Waals surface area contributed by atoms with Crippen molar-refractivity contribution in [1.82, 2.24) is 15.2 Å². The highest BCUT2D eigenvalue weighted by Crippen LogP contribution is 2.38. The predicted molar refractivity (Wildman–Crippen MR) is 113 cm³/mol. The van der Waals surface area contributed by atoms with Gasteiger partial charge in [0, 0.05) is 55.5 Å². The Hall–Kier alpha value is -0.0600. The topological polar surface area (TPSA) is 49.8 Å². The third kappa shape index (κ3) is 5.47. The summed E-state index contributed by atoms with van der Waals surface area (Å²) < 4.78 is 6.78. The summed E-state index contributed by atoms with van der Waals surface area (Å²) in [5.74, 6) is 2.16. The molecule has 2 aliphatic rings. The van der Waals surface area contributed by atoms with Crippen LogP contribution in [0.1, 0.15) is 26.2 Å². The Morgan fingerprint density at radius 1 is 1.54 bits per heavy atom. The molecule has 0 bridgehead atoms. The molecule has 1 atom stereocenters. The van der Waals surface area contributed by atoms with Crippen molar-refractivity contribution in [1.29, 1.82) is 0 Å². The summed E-state index contributed by atoms with van der Waals surface area (Å²) in [7, 11) is 0. The van der Waals surface area contributed by atoms with E-state index in [0.717, 1.165) is 61.9 Å². The van der Waals surface area contributed by atoms with Gasteiger partial charge in [0.2, 0.25) is 0 Å². The second-order valence-electron chi connectivity index (χ2n) is 6.21. The molecule has 8 heteroatoms. The first kappa shape index (κ1) is 20.3. The zero-order valence-electron chi connectivity index (χ0n) is 14.2. The molecule has 0 saturated carbocycles.